The molecule has 0 amide bonds. The highest BCUT2D eigenvalue weighted by atomic mass is 127. The summed E-state index contributed by atoms with van der Waals surface area (Å²) >= 11 is 0. The lowest BCUT2D eigenvalue weighted by Gasteiger charge is -2.20. The Hall–Kier alpha value is -2.30. The van der Waals surface area contributed by atoms with Crippen molar-refractivity contribution < 1.29 is 18.3 Å². The molecule has 6 nitrogen and oxygen atoms in total. The van der Waals surface area contributed by atoms with Gasteiger partial charge in [0.25, 0.3) is 0 Å². The van der Waals surface area contributed by atoms with E-state index in [2.05, 4.69) is 20.5 Å². The highest BCUT2D eigenvalue weighted by molar-refractivity contribution is 14.0. The molecule has 0 aromatic heterocycles. The van der Waals surface area contributed by atoms with Crippen molar-refractivity contribution in [1.82, 2.24) is 5.32 Å². The van der Waals surface area contributed by atoms with Crippen molar-refractivity contribution in [3.05, 3.63) is 48.0 Å². The average molecular weight is 544 g/mol. The van der Waals surface area contributed by atoms with E-state index in [-0.39, 0.29) is 24.0 Å². The maximum absolute atomic E-state index is 13.5. The molecule has 1 unspecified atom stereocenters. The molecule has 0 spiro atoms. The number of ether oxygens (including phenoxy) is 2. The van der Waals surface area contributed by atoms with Gasteiger partial charge in [-0.3, -0.25) is 4.99 Å². The molecule has 2 aliphatic heterocycles. The molecule has 168 valence electrons. The lowest BCUT2D eigenvalue weighted by Crippen LogP contribution is -2.35. The minimum atomic E-state index is -0.819. The zero-order valence-electron chi connectivity index (χ0n) is 17.4. The monoisotopic (exact) mass is 544 g/mol. The van der Waals surface area contributed by atoms with Crippen LogP contribution in [-0.4, -0.2) is 45.9 Å². The van der Waals surface area contributed by atoms with Crippen molar-refractivity contribution in [3.8, 4) is 11.5 Å². The van der Waals surface area contributed by atoms with Crippen molar-refractivity contribution in [2.24, 2.45) is 10.9 Å². The lowest BCUT2D eigenvalue weighted by molar-refractivity contribution is 0.297. The highest BCUT2D eigenvalue weighted by Gasteiger charge is 2.23. The molecule has 2 N–H and O–H groups in total. The Morgan fingerprint density at radius 1 is 1.10 bits per heavy atom. The van der Waals surface area contributed by atoms with Crippen LogP contribution in [0.2, 0.25) is 0 Å². The summed E-state index contributed by atoms with van der Waals surface area (Å²) in [7, 11) is 1.72. The van der Waals surface area contributed by atoms with Crippen LogP contribution in [0.4, 0.5) is 20.2 Å². The zero-order valence-corrected chi connectivity index (χ0v) is 19.7. The first kappa shape index (κ1) is 23.4. The van der Waals surface area contributed by atoms with Gasteiger partial charge in [0.15, 0.2) is 29.1 Å². The molecular weight excluding hydrogens is 517 g/mol. The summed E-state index contributed by atoms with van der Waals surface area (Å²) < 4.78 is 38.1. The molecule has 2 heterocycles. The maximum atomic E-state index is 13.5. The van der Waals surface area contributed by atoms with Gasteiger partial charge in [0.2, 0.25) is 0 Å². The molecule has 4 rings (SSSR count). The average Bonchev–Trinajstić information content (AvgIpc) is 3.10. The van der Waals surface area contributed by atoms with Gasteiger partial charge in [-0.05, 0) is 36.6 Å². The second-order valence-corrected chi connectivity index (χ2v) is 7.49. The van der Waals surface area contributed by atoms with E-state index in [1.807, 2.05) is 18.2 Å². The molecular formula is C22H27F2IN4O2. The minimum Gasteiger partial charge on any atom is -0.490 e. The van der Waals surface area contributed by atoms with Crippen LogP contribution in [0.5, 0.6) is 11.5 Å². The van der Waals surface area contributed by atoms with Crippen molar-refractivity contribution in [1.29, 1.82) is 0 Å². The predicted octanol–water partition coefficient (Wildman–Crippen LogP) is 4.26. The number of hydrogen-bond donors (Lipinski definition) is 2. The molecule has 2 aromatic carbocycles. The van der Waals surface area contributed by atoms with E-state index >= 15 is 0 Å². The standard InChI is InChI=1S/C22H26F2N4O2.HI/c1-25-22(27-16-3-6-20-21(11-16)30-10-2-9-29-20)26-13-15-7-8-28(14-15)17-4-5-18(23)19(24)12-17;/h3-6,11-12,15H,2,7-10,13-14H2,1H3,(H2,25,26,27);1H. The summed E-state index contributed by atoms with van der Waals surface area (Å²) in [6.45, 7) is 3.61. The summed E-state index contributed by atoms with van der Waals surface area (Å²) in [4.78, 5) is 6.37. The minimum absolute atomic E-state index is 0. The van der Waals surface area contributed by atoms with Gasteiger partial charge in [-0.25, -0.2) is 8.78 Å². The summed E-state index contributed by atoms with van der Waals surface area (Å²) in [5, 5.41) is 6.63. The predicted molar refractivity (Wildman–Crippen MR) is 129 cm³/mol. The van der Waals surface area contributed by atoms with Crippen LogP contribution in [0.3, 0.4) is 0 Å². The number of benzene rings is 2. The van der Waals surface area contributed by atoms with Crippen molar-refractivity contribution in [2.75, 3.05) is 50.1 Å². The van der Waals surface area contributed by atoms with Crippen LogP contribution < -0.4 is 25.0 Å². The number of halogens is 3. The zero-order chi connectivity index (χ0) is 20.9. The molecule has 0 radical (unpaired) electrons. The van der Waals surface area contributed by atoms with E-state index in [0.29, 0.717) is 30.8 Å². The van der Waals surface area contributed by atoms with E-state index in [1.165, 1.54) is 12.1 Å². The van der Waals surface area contributed by atoms with Crippen molar-refractivity contribution >= 4 is 41.3 Å². The summed E-state index contributed by atoms with van der Waals surface area (Å²) in [6.07, 6.45) is 1.83. The molecule has 1 fully saturated rings. The van der Waals surface area contributed by atoms with E-state index < -0.39 is 11.6 Å². The van der Waals surface area contributed by atoms with Crippen LogP contribution >= 0.6 is 24.0 Å². The summed E-state index contributed by atoms with van der Waals surface area (Å²) in [5.74, 6) is 0.890. The maximum Gasteiger partial charge on any atom is 0.195 e. The first-order valence-corrected chi connectivity index (χ1v) is 10.2. The fraction of sp³-hybridized carbons (Fsp3) is 0.409. The summed E-state index contributed by atoms with van der Waals surface area (Å²) in [6, 6.07) is 9.80. The molecule has 2 aromatic rings. The number of aliphatic imine (C=N–C) groups is 1. The SMILES string of the molecule is CN=C(NCC1CCN(c2ccc(F)c(F)c2)C1)Nc1ccc2c(c1)OCCCO2.I. The van der Waals surface area contributed by atoms with Crippen LogP contribution in [0.25, 0.3) is 0 Å². The number of guanidine groups is 1. The number of rotatable bonds is 4. The molecule has 0 bridgehead atoms. The molecule has 2 aliphatic rings. The third kappa shape index (κ3) is 5.90. The third-order valence-electron chi connectivity index (χ3n) is 5.35. The Morgan fingerprint density at radius 3 is 2.68 bits per heavy atom. The first-order valence-electron chi connectivity index (χ1n) is 10.2. The second kappa shape index (κ2) is 10.8. The Kier molecular flexibility index (Phi) is 8.16. The van der Waals surface area contributed by atoms with Gasteiger partial charge in [-0.15, -0.1) is 24.0 Å². The van der Waals surface area contributed by atoms with Crippen LogP contribution in [0.15, 0.2) is 41.4 Å². The van der Waals surface area contributed by atoms with E-state index in [0.717, 1.165) is 49.7 Å². The number of fused-ring (bicyclic) bond motifs is 1. The van der Waals surface area contributed by atoms with Crippen LogP contribution in [-0.2, 0) is 0 Å². The highest BCUT2D eigenvalue weighted by Crippen LogP contribution is 2.32. The fourth-order valence-corrected chi connectivity index (χ4v) is 3.71. The van der Waals surface area contributed by atoms with Gasteiger partial charge >= 0.3 is 0 Å². The van der Waals surface area contributed by atoms with Gasteiger partial charge < -0.3 is 25.0 Å². The molecule has 9 heteroatoms. The molecule has 0 saturated carbocycles. The van der Waals surface area contributed by atoms with Gasteiger partial charge in [0.1, 0.15) is 0 Å². The second-order valence-electron chi connectivity index (χ2n) is 7.49. The van der Waals surface area contributed by atoms with Crippen molar-refractivity contribution in [3.63, 3.8) is 0 Å². The van der Waals surface area contributed by atoms with Gasteiger partial charge in [-0.1, -0.05) is 0 Å². The smallest absolute Gasteiger partial charge is 0.195 e. The Bertz CT molecular complexity index is 928. The van der Waals surface area contributed by atoms with Gasteiger partial charge in [0.05, 0.1) is 13.2 Å². The molecule has 1 saturated heterocycles. The summed E-state index contributed by atoms with van der Waals surface area (Å²) in [5.41, 5.74) is 1.58. The van der Waals surface area contributed by atoms with E-state index in [1.54, 1.807) is 13.1 Å². The third-order valence-corrected chi connectivity index (χ3v) is 5.35. The first-order chi connectivity index (χ1) is 14.6. The quantitative estimate of drug-likeness (QED) is 0.343. The normalized spacial score (nSPS) is 18.2. The molecule has 31 heavy (non-hydrogen) atoms. The van der Waals surface area contributed by atoms with E-state index in [9.17, 15) is 8.78 Å². The number of anilines is 2. The molecule has 1 atom stereocenters. The number of nitrogens with one attached hydrogen (secondary N) is 2. The van der Waals surface area contributed by atoms with Gasteiger partial charge in [-0.2, -0.15) is 0 Å². The van der Waals surface area contributed by atoms with Gasteiger partial charge in [0, 0.05) is 56.6 Å². The Morgan fingerprint density at radius 2 is 1.90 bits per heavy atom. The van der Waals surface area contributed by atoms with Crippen LogP contribution in [0.1, 0.15) is 12.8 Å². The topological polar surface area (TPSA) is 58.1 Å². The lowest BCUT2D eigenvalue weighted by atomic mass is 10.1. The Labute approximate surface area is 198 Å². The van der Waals surface area contributed by atoms with Crippen LogP contribution in [0, 0.1) is 17.6 Å². The van der Waals surface area contributed by atoms with E-state index in [4.69, 9.17) is 9.47 Å². The molecule has 0 aliphatic carbocycles. The fourth-order valence-electron chi connectivity index (χ4n) is 3.71. The van der Waals surface area contributed by atoms with Crippen molar-refractivity contribution in [2.45, 2.75) is 12.8 Å². The Balaban J connectivity index is 0.00000272. The largest absolute Gasteiger partial charge is 0.490 e. The number of nitrogens with zero attached hydrogens (tertiary/aromatic N) is 2. The number of hydrogen-bond acceptors (Lipinski definition) is 4.